The average molecular weight is 254 g/mol. The van der Waals surface area contributed by atoms with Crippen molar-refractivity contribution in [3.05, 3.63) is 29.6 Å². The van der Waals surface area contributed by atoms with E-state index in [1.165, 1.54) is 6.07 Å². The van der Waals surface area contributed by atoms with Crippen LogP contribution in [0.15, 0.2) is 18.2 Å². The summed E-state index contributed by atoms with van der Waals surface area (Å²) in [6.07, 6.45) is 0. The Labute approximate surface area is 106 Å². The van der Waals surface area contributed by atoms with E-state index in [4.69, 9.17) is 5.73 Å². The zero-order valence-electron chi connectivity index (χ0n) is 10.3. The minimum atomic E-state index is -0.270. The van der Waals surface area contributed by atoms with E-state index in [1.54, 1.807) is 6.07 Å². The molecule has 2 rings (SSSR count). The SMILES string of the molecule is CC1CSCCN1c1cccc(F)c1[C@H](C)N. The van der Waals surface area contributed by atoms with E-state index >= 15 is 0 Å². The molecule has 0 radical (unpaired) electrons. The Morgan fingerprint density at radius 1 is 1.53 bits per heavy atom. The lowest BCUT2D eigenvalue weighted by atomic mass is 10.0. The summed E-state index contributed by atoms with van der Waals surface area (Å²) in [6.45, 7) is 4.99. The molecule has 0 saturated carbocycles. The van der Waals surface area contributed by atoms with Gasteiger partial charge in [0.2, 0.25) is 0 Å². The summed E-state index contributed by atoms with van der Waals surface area (Å²) in [6, 6.07) is 5.41. The normalized spacial score (nSPS) is 22.6. The molecule has 1 aromatic carbocycles. The van der Waals surface area contributed by atoms with Gasteiger partial charge in [-0.05, 0) is 26.0 Å². The second-order valence-corrected chi connectivity index (χ2v) is 5.73. The zero-order chi connectivity index (χ0) is 12.4. The molecule has 1 aliphatic heterocycles. The lowest BCUT2D eigenvalue weighted by molar-refractivity contribution is 0.587. The summed E-state index contributed by atoms with van der Waals surface area (Å²) < 4.78 is 13.9. The number of anilines is 1. The molecule has 1 fully saturated rings. The second-order valence-electron chi connectivity index (χ2n) is 4.58. The van der Waals surface area contributed by atoms with Crippen LogP contribution in [0.4, 0.5) is 10.1 Å². The van der Waals surface area contributed by atoms with Crippen molar-refractivity contribution in [2.24, 2.45) is 5.73 Å². The topological polar surface area (TPSA) is 29.3 Å². The molecule has 94 valence electrons. The Morgan fingerprint density at radius 3 is 2.94 bits per heavy atom. The van der Waals surface area contributed by atoms with E-state index in [9.17, 15) is 4.39 Å². The summed E-state index contributed by atoms with van der Waals surface area (Å²) in [4.78, 5) is 2.28. The van der Waals surface area contributed by atoms with E-state index in [2.05, 4.69) is 11.8 Å². The van der Waals surface area contributed by atoms with Crippen molar-refractivity contribution < 1.29 is 4.39 Å². The van der Waals surface area contributed by atoms with Crippen LogP contribution >= 0.6 is 11.8 Å². The van der Waals surface area contributed by atoms with Crippen molar-refractivity contribution in [3.8, 4) is 0 Å². The van der Waals surface area contributed by atoms with Crippen molar-refractivity contribution in [2.75, 3.05) is 23.0 Å². The van der Waals surface area contributed by atoms with E-state index in [0.717, 1.165) is 23.7 Å². The van der Waals surface area contributed by atoms with Gasteiger partial charge in [0, 0.05) is 41.4 Å². The standard InChI is InChI=1S/C13H19FN2S/c1-9-8-17-7-6-16(9)12-5-3-4-11(14)13(12)10(2)15/h3-5,9-10H,6-8,15H2,1-2H3/t9?,10-/m0/s1. The maximum atomic E-state index is 13.9. The number of rotatable bonds is 2. The molecule has 1 aromatic rings. The minimum Gasteiger partial charge on any atom is -0.367 e. The molecule has 1 saturated heterocycles. The van der Waals surface area contributed by atoms with Gasteiger partial charge in [-0.15, -0.1) is 0 Å². The third-order valence-electron chi connectivity index (χ3n) is 3.16. The number of halogens is 1. The Hall–Kier alpha value is -0.740. The number of hydrogen-bond acceptors (Lipinski definition) is 3. The van der Waals surface area contributed by atoms with Crippen molar-refractivity contribution in [1.82, 2.24) is 0 Å². The summed E-state index contributed by atoms with van der Waals surface area (Å²) in [5.41, 5.74) is 7.51. The highest BCUT2D eigenvalue weighted by Crippen LogP contribution is 2.31. The first kappa shape index (κ1) is 12.7. The van der Waals surface area contributed by atoms with Gasteiger partial charge in [-0.3, -0.25) is 0 Å². The molecule has 1 unspecified atom stereocenters. The molecule has 2 N–H and O–H groups in total. The van der Waals surface area contributed by atoms with Crippen LogP contribution in [-0.4, -0.2) is 24.1 Å². The lowest BCUT2D eigenvalue weighted by Gasteiger charge is -2.37. The Bertz CT molecular complexity index is 395. The molecule has 0 aromatic heterocycles. The number of benzene rings is 1. The van der Waals surface area contributed by atoms with Crippen molar-refractivity contribution in [3.63, 3.8) is 0 Å². The van der Waals surface area contributed by atoms with Gasteiger partial charge in [0.15, 0.2) is 0 Å². The molecule has 17 heavy (non-hydrogen) atoms. The Kier molecular flexibility index (Phi) is 3.94. The molecular weight excluding hydrogens is 235 g/mol. The first-order chi connectivity index (χ1) is 8.11. The van der Waals surface area contributed by atoms with Crippen molar-refractivity contribution in [2.45, 2.75) is 25.9 Å². The smallest absolute Gasteiger partial charge is 0.130 e. The van der Waals surface area contributed by atoms with Gasteiger partial charge >= 0.3 is 0 Å². The van der Waals surface area contributed by atoms with E-state index in [0.29, 0.717) is 11.6 Å². The van der Waals surface area contributed by atoms with Crippen molar-refractivity contribution >= 4 is 17.4 Å². The molecule has 0 amide bonds. The van der Waals surface area contributed by atoms with E-state index in [1.807, 2.05) is 24.8 Å². The van der Waals surface area contributed by atoms with Crippen LogP contribution in [0.3, 0.4) is 0 Å². The number of thioether (sulfide) groups is 1. The van der Waals surface area contributed by atoms with Crippen molar-refractivity contribution in [1.29, 1.82) is 0 Å². The molecule has 0 aliphatic carbocycles. The maximum absolute atomic E-state index is 13.9. The highest BCUT2D eigenvalue weighted by atomic mass is 32.2. The largest absolute Gasteiger partial charge is 0.367 e. The molecule has 4 heteroatoms. The van der Waals surface area contributed by atoms with Gasteiger partial charge in [-0.2, -0.15) is 11.8 Å². The number of nitrogens with two attached hydrogens (primary N) is 1. The summed E-state index contributed by atoms with van der Waals surface area (Å²) in [5, 5.41) is 0. The van der Waals surface area contributed by atoms with Crippen LogP contribution in [0.2, 0.25) is 0 Å². The van der Waals surface area contributed by atoms with Gasteiger partial charge in [-0.25, -0.2) is 4.39 Å². The summed E-state index contributed by atoms with van der Waals surface area (Å²) >= 11 is 1.95. The van der Waals surface area contributed by atoms with Crippen LogP contribution in [0.25, 0.3) is 0 Å². The molecule has 2 nitrogen and oxygen atoms in total. The van der Waals surface area contributed by atoms with E-state index < -0.39 is 0 Å². The van der Waals surface area contributed by atoms with Gasteiger partial charge in [0.1, 0.15) is 5.82 Å². The lowest BCUT2D eigenvalue weighted by Crippen LogP contribution is -2.41. The quantitative estimate of drug-likeness (QED) is 0.880. The van der Waals surface area contributed by atoms with Gasteiger partial charge in [0.25, 0.3) is 0 Å². The van der Waals surface area contributed by atoms with Crippen LogP contribution in [0.5, 0.6) is 0 Å². The Balaban J connectivity index is 2.40. The minimum absolute atomic E-state index is 0.192. The van der Waals surface area contributed by atoms with Gasteiger partial charge in [-0.1, -0.05) is 6.07 Å². The predicted molar refractivity (Wildman–Crippen MR) is 73.1 cm³/mol. The van der Waals surface area contributed by atoms with Crippen LogP contribution < -0.4 is 10.6 Å². The molecule has 0 spiro atoms. The third-order valence-corrected chi connectivity index (χ3v) is 4.35. The number of nitrogens with zero attached hydrogens (tertiary/aromatic N) is 1. The molecule has 0 bridgehead atoms. The highest BCUT2D eigenvalue weighted by Gasteiger charge is 2.23. The summed E-state index contributed by atoms with van der Waals surface area (Å²) in [5.74, 6) is 2.00. The molecule has 2 atom stereocenters. The molecular formula is C13H19FN2S. The highest BCUT2D eigenvalue weighted by molar-refractivity contribution is 7.99. The third kappa shape index (κ3) is 2.58. The molecule has 1 aliphatic rings. The number of hydrogen-bond donors (Lipinski definition) is 1. The monoisotopic (exact) mass is 254 g/mol. The Morgan fingerprint density at radius 2 is 2.29 bits per heavy atom. The molecule has 1 heterocycles. The first-order valence-corrected chi connectivity index (χ1v) is 7.15. The van der Waals surface area contributed by atoms with Gasteiger partial charge < -0.3 is 10.6 Å². The zero-order valence-corrected chi connectivity index (χ0v) is 11.1. The predicted octanol–water partition coefficient (Wildman–Crippen LogP) is 2.79. The maximum Gasteiger partial charge on any atom is 0.130 e. The first-order valence-electron chi connectivity index (χ1n) is 5.99. The summed E-state index contributed by atoms with van der Waals surface area (Å²) in [7, 11) is 0. The fourth-order valence-electron chi connectivity index (χ4n) is 2.31. The van der Waals surface area contributed by atoms with E-state index in [-0.39, 0.29) is 11.9 Å². The van der Waals surface area contributed by atoms with Gasteiger partial charge in [0.05, 0.1) is 0 Å². The average Bonchev–Trinajstić information content (AvgIpc) is 2.28. The van der Waals surface area contributed by atoms with Crippen LogP contribution in [0, 0.1) is 5.82 Å². The fraction of sp³-hybridized carbons (Fsp3) is 0.538. The second kappa shape index (κ2) is 5.27. The van der Waals surface area contributed by atoms with Crippen LogP contribution in [-0.2, 0) is 0 Å². The fourth-order valence-corrected chi connectivity index (χ4v) is 3.33. The van der Waals surface area contributed by atoms with Crippen LogP contribution in [0.1, 0.15) is 25.5 Å².